The Morgan fingerprint density at radius 3 is 2.38 bits per heavy atom. The summed E-state index contributed by atoms with van der Waals surface area (Å²) in [5.74, 6) is 0.872. The van der Waals surface area contributed by atoms with Crippen LogP contribution in [0.1, 0.15) is 61.4 Å². The van der Waals surface area contributed by atoms with E-state index < -0.39 is 5.97 Å². The van der Waals surface area contributed by atoms with Crippen molar-refractivity contribution < 1.29 is 14.3 Å². The minimum absolute atomic E-state index is 0.416. The highest BCUT2D eigenvalue weighted by Crippen LogP contribution is 2.17. The lowest BCUT2D eigenvalue weighted by Gasteiger charge is -2.06. The van der Waals surface area contributed by atoms with E-state index >= 15 is 0 Å². The van der Waals surface area contributed by atoms with Crippen molar-refractivity contribution in [3.8, 4) is 11.5 Å². The molecular weight excluding hydrogens is 400 g/mol. The number of aromatic nitrogens is 1. The van der Waals surface area contributed by atoms with Gasteiger partial charge in [-0.25, -0.2) is 4.79 Å². The number of carbonyl (C=O) groups is 1. The van der Waals surface area contributed by atoms with Gasteiger partial charge in [0.2, 0.25) is 0 Å². The second kappa shape index (κ2) is 13.1. The van der Waals surface area contributed by atoms with Gasteiger partial charge in [0.25, 0.3) is 0 Å². The zero-order valence-corrected chi connectivity index (χ0v) is 18.6. The highest BCUT2D eigenvalue weighted by molar-refractivity contribution is 5.91. The van der Waals surface area contributed by atoms with Crippen LogP contribution in [-0.4, -0.2) is 23.8 Å². The molecule has 0 bridgehead atoms. The molecule has 0 atom stereocenters. The normalized spacial score (nSPS) is 10.9. The van der Waals surface area contributed by atoms with Crippen molar-refractivity contribution in [1.29, 1.82) is 0 Å². The van der Waals surface area contributed by atoms with Crippen LogP contribution in [-0.2, 0) is 0 Å². The van der Waals surface area contributed by atoms with Crippen molar-refractivity contribution in [2.45, 2.75) is 45.4 Å². The molecule has 5 heteroatoms. The molecule has 1 aromatic heterocycles. The fourth-order valence-electron chi connectivity index (χ4n) is 3.13. The summed E-state index contributed by atoms with van der Waals surface area (Å²) in [6.07, 6.45) is 12.5. The van der Waals surface area contributed by atoms with Gasteiger partial charge in [-0.05, 0) is 72.6 Å². The highest BCUT2D eigenvalue weighted by atomic mass is 16.5. The molecule has 0 spiro atoms. The molecule has 0 aliphatic heterocycles. The Morgan fingerprint density at radius 1 is 0.906 bits per heavy atom. The number of esters is 1. The second-order valence-corrected chi connectivity index (χ2v) is 7.57. The van der Waals surface area contributed by atoms with Crippen LogP contribution in [0, 0.1) is 0 Å². The lowest BCUT2D eigenvalue weighted by Crippen LogP contribution is -2.08. The Kier molecular flexibility index (Phi) is 9.46. The summed E-state index contributed by atoms with van der Waals surface area (Å²) in [6, 6.07) is 18.3. The Morgan fingerprint density at radius 2 is 1.66 bits per heavy atom. The molecule has 0 saturated carbocycles. The van der Waals surface area contributed by atoms with Crippen LogP contribution in [0.2, 0.25) is 0 Å². The summed E-state index contributed by atoms with van der Waals surface area (Å²) in [4.78, 5) is 20.6. The smallest absolute Gasteiger partial charge is 0.343 e. The highest BCUT2D eigenvalue weighted by Gasteiger charge is 2.08. The molecule has 0 N–H and O–H groups in total. The number of rotatable bonds is 12. The molecule has 32 heavy (non-hydrogen) atoms. The lowest BCUT2D eigenvalue weighted by atomic mass is 10.1. The number of nitrogens with zero attached hydrogens (tertiary/aromatic N) is 2. The lowest BCUT2D eigenvalue weighted by molar-refractivity contribution is 0.0734. The van der Waals surface area contributed by atoms with Crippen molar-refractivity contribution in [3.05, 3.63) is 84.2 Å². The predicted octanol–water partition coefficient (Wildman–Crippen LogP) is 6.79. The summed E-state index contributed by atoms with van der Waals surface area (Å²) in [6.45, 7) is 2.99. The van der Waals surface area contributed by atoms with Crippen LogP contribution in [0.25, 0.3) is 0 Å². The molecule has 2 aromatic carbocycles. The van der Waals surface area contributed by atoms with Crippen LogP contribution < -0.4 is 9.47 Å². The standard InChI is InChI=1S/C27H30N2O3/c1-2-3-4-5-6-7-19-31-25-16-10-22(11-17-25)20-29-24-14-12-23(13-15-24)27(30)32-26-9-8-18-28-21-26/h8-18,20-21H,2-7,19H2,1H3. The number of ether oxygens (including phenoxy) is 2. The minimum atomic E-state index is -0.426. The van der Waals surface area contributed by atoms with Crippen LogP contribution in [0.15, 0.2) is 78.0 Å². The molecule has 1 heterocycles. The predicted molar refractivity (Wildman–Crippen MR) is 128 cm³/mol. The van der Waals surface area contributed by atoms with Gasteiger partial charge in [-0.15, -0.1) is 0 Å². The molecular formula is C27H30N2O3. The first-order valence-corrected chi connectivity index (χ1v) is 11.2. The minimum Gasteiger partial charge on any atom is -0.494 e. The number of benzene rings is 2. The van der Waals surface area contributed by atoms with Gasteiger partial charge < -0.3 is 9.47 Å². The van der Waals surface area contributed by atoms with E-state index in [1.165, 1.54) is 38.3 Å². The number of hydrogen-bond donors (Lipinski definition) is 0. The Balaban J connectivity index is 1.44. The van der Waals surface area contributed by atoms with Gasteiger partial charge in [0, 0.05) is 12.4 Å². The van der Waals surface area contributed by atoms with E-state index in [2.05, 4.69) is 16.9 Å². The Bertz CT molecular complexity index is 968. The van der Waals surface area contributed by atoms with Gasteiger partial charge in [-0.2, -0.15) is 0 Å². The van der Waals surface area contributed by atoms with Crippen molar-refractivity contribution in [2.24, 2.45) is 4.99 Å². The molecule has 0 saturated heterocycles. The number of pyridine rings is 1. The Labute approximate surface area is 190 Å². The van der Waals surface area contributed by atoms with E-state index in [9.17, 15) is 4.79 Å². The van der Waals surface area contributed by atoms with Gasteiger partial charge >= 0.3 is 5.97 Å². The maximum atomic E-state index is 12.2. The molecule has 0 aliphatic carbocycles. The van der Waals surface area contributed by atoms with Crippen molar-refractivity contribution in [2.75, 3.05) is 6.61 Å². The molecule has 0 amide bonds. The quantitative estimate of drug-likeness (QED) is 0.180. The molecule has 0 fully saturated rings. The van der Waals surface area contributed by atoms with E-state index in [0.29, 0.717) is 11.3 Å². The first-order valence-electron chi connectivity index (χ1n) is 11.2. The first-order chi connectivity index (χ1) is 15.7. The first kappa shape index (κ1) is 23.2. The average Bonchev–Trinajstić information content (AvgIpc) is 2.84. The van der Waals surface area contributed by atoms with Crippen molar-refractivity contribution in [3.63, 3.8) is 0 Å². The molecule has 0 radical (unpaired) electrons. The van der Waals surface area contributed by atoms with E-state index in [0.717, 1.165) is 30.0 Å². The molecule has 166 valence electrons. The average molecular weight is 431 g/mol. The third-order valence-corrected chi connectivity index (χ3v) is 4.96. The van der Waals surface area contributed by atoms with Gasteiger partial charge in [0.05, 0.1) is 24.1 Å². The third kappa shape index (κ3) is 7.99. The topological polar surface area (TPSA) is 60.8 Å². The number of hydrogen-bond acceptors (Lipinski definition) is 5. The monoisotopic (exact) mass is 430 g/mol. The van der Waals surface area contributed by atoms with Crippen molar-refractivity contribution >= 4 is 17.9 Å². The fraction of sp³-hybridized carbons (Fsp3) is 0.296. The molecule has 0 aliphatic rings. The third-order valence-electron chi connectivity index (χ3n) is 4.96. The van der Waals surface area contributed by atoms with Gasteiger partial charge in [0.1, 0.15) is 11.5 Å². The fourth-order valence-corrected chi connectivity index (χ4v) is 3.13. The van der Waals surface area contributed by atoms with Crippen LogP contribution >= 0.6 is 0 Å². The number of carbonyl (C=O) groups excluding carboxylic acids is 1. The maximum Gasteiger partial charge on any atom is 0.343 e. The summed E-state index contributed by atoms with van der Waals surface area (Å²) < 4.78 is 11.1. The summed E-state index contributed by atoms with van der Waals surface area (Å²) in [5.41, 5.74) is 2.20. The van der Waals surface area contributed by atoms with E-state index in [4.69, 9.17) is 9.47 Å². The van der Waals surface area contributed by atoms with Crippen molar-refractivity contribution in [1.82, 2.24) is 4.98 Å². The van der Waals surface area contributed by atoms with Gasteiger partial charge in [-0.3, -0.25) is 9.98 Å². The second-order valence-electron chi connectivity index (χ2n) is 7.57. The number of aliphatic imine (C=N–C) groups is 1. The van der Waals surface area contributed by atoms with Crippen LogP contribution in [0.4, 0.5) is 5.69 Å². The van der Waals surface area contributed by atoms with Crippen LogP contribution in [0.3, 0.4) is 0 Å². The number of unbranched alkanes of at least 4 members (excludes halogenated alkanes) is 5. The largest absolute Gasteiger partial charge is 0.494 e. The zero-order chi connectivity index (χ0) is 22.4. The SMILES string of the molecule is CCCCCCCCOc1ccc(C=Nc2ccc(C(=O)Oc3cccnc3)cc2)cc1. The molecule has 3 rings (SSSR count). The molecule has 5 nitrogen and oxygen atoms in total. The summed E-state index contributed by atoms with van der Waals surface area (Å²) >= 11 is 0. The molecule has 3 aromatic rings. The van der Waals surface area contributed by atoms with Gasteiger partial charge in [-0.1, -0.05) is 39.0 Å². The van der Waals surface area contributed by atoms with Gasteiger partial charge in [0.15, 0.2) is 0 Å². The summed E-state index contributed by atoms with van der Waals surface area (Å²) in [7, 11) is 0. The van der Waals surface area contributed by atoms with Crippen LogP contribution in [0.5, 0.6) is 11.5 Å². The summed E-state index contributed by atoms with van der Waals surface area (Å²) in [5, 5.41) is 0. The van der Waals surface area contributed by atoms with E-state index in [1.807, 2.05) is 24.3 Å². The maximum absolute atomic E-state index is 12.2. The zero-order valence-electron chi connectivity index (χ0n) is 18.6. The van der Waals surface area contributed by atoms with E-state index in [1.54, 1.807) is 48.8 Å². The van der Waals surface area contributed by atoms with E-state index in [-0.39, 0.29) is 0 Å². The Hall–Kier alpha value is -3.47. The molecule has 0 unspecified atom stereocenters.